The number of para-hydroxylation sites is 1. The Labute approximate surface area is 122 Å². The molecule has 0 amide bonds. The van der Waals surface area contributed by atoms with Gasteiger partial charge < -0.3 is 15.2 Å². The first-order valence-electron chi connectivity index (χ1n) is 6.67. The van der Waals surface area contributed by atoms with Crippen molar-refractivity contribution in [3.63, 3.8) is 0 Å². The van der Waals surface area contributed by atoms with E-state index in [2.05, 4.69) is 5.32 Å². The second-order valence-electron chi connectivity index (χ2n) is 4.52. The average Bonchev–Trinajstić information content (AvgIpc) is 2.50. The lowest BCUT2D eigenvalue weighted by Crippen LogP contribution is -2.15. The van der Waals surface area contributed by atoms with Gasteiger partial charge in [0.1, 0.15) is 24.0 Å². The highest BCUT2D eigenvalue weighted by Crippen LogP contribution is 2.18. The fourth-order valence-corrected chi connectivity index (χ4v) is 1.96. The minimum atomic E-state index is -0.458. The van der Waals surface area contributed by atoms with E-state index in [-0.39, 0.29) is 25.3 Å². The van der Waals surface area contributed by atoms with Crippen LogP contribution in [0, 0.1) is 11.6 Å². The van der Waals surface area contributed by atoms with Gasteiger partial charge in [-0.2, -0.15) is 0 Å². The molecule has 0 atom stereocenters. The summed E-state index contributed by atoms with van der Waals surface area (Å²) in [5.41, 5.74) is 1.17. The van der Waals surface area contributed by atoms with E-state index in [4.69, 9.17) is 9.84 Å². The molecule has 0 spiro atoms. The minimum absolute atomic E-state index is 0.0593. The largest absolute Gasteiger partial charge is 0.491 e. The van der Waals surface area contributed by atoms with Crippen molar-refractivity contribution >= 4 is 0 Å². The van der Waals surface area contributed by atoms with Crippen molar-refractivity contribution in [3.8, 4) is 5.75 Å². The van der Waals surface area contributed by atoms with Crippen LogP contribution in [0.4, 0.5) is 8.78 Å². The van der Waals surface area contributed by atoms with Crippen molar-refractivity contribution in [2.45, 2.75) is 13.1 Å². The summed E-state index contributed by atoms with van der Waals surface area (Å²) in [7, 11) is 0. The van der Waals surface area contributed by atoms with Crippen molar-refractivity contribution in [2.24, 2.45) is 0 Å². The lowest BCUT2D eigenvalue weighted by atomic mass is 10.1. The van der Waals surface area contributed by atoms with Gasteiger partial charge in [0.25, 0.3) is 0 Å². The van der Waals surface area contributed by atoms with E-state index in [9.17, 15) is 8.78 Å². The summed E-state index contributed by atoms with van der Waals surface area (Å²) in [5.74, 6) is -0.229. The molecule has 2 aromatic carbocycles. The van der Waals surface area contributed by atoms with Gasteiger partial charge in [0.2, 0.25) is 0 Å². The van der Waals surface area contributed by atoms with Crippen LogP contribution in [0.3, 0.4) is 0 Å². The third-order valence-electron chi connectivity index (χ3n) is 2.96. The quantitative estimate of drug-likeness (QED) is 0.824. The van der Waals surface area contributed by atoms with E-state index in [1.54, 1.807) is 6.07 Å². The number of aliphatic hydroxyl groups excluding tert-OH is 1. The summed E-state index contributed by atoms with van der Waals surface area (Å²) in [6, 6.07) is 10.8. The first-order valence-corrected chi connectivity index (χ1v) is 6.67. The molecule has 0 aliphatic heterocycles. The van der Waals surface area contributed by atoms with Gasteiger partial charge in [-0.05, 0) is 24.3 Å². The number of hydrogen-bond acceptors (Lipinski definition) is 3. The van der Waals surface area contributed by atoms with E-state index < -0.39 is 11.6 Å². The zero-order chi connectivity index (χ0) is 15.1. The molecular weight excluding hydrogens is 276 g/mol. The van der Waals surface area contributed by atoms with E-state index in [0.717, 1.165) is 17.7 Å². The Morgan fingerprint density at radius 2 is 1.76 bits per heavy atom. The summed E-state index contributed by atoms with van der Waals surface area (Å²) < 4.78 is 32.0. The van der Waals surface area contributed by atoms with Gasteiger partial charge in [0.15, 0.2) is 0 Å². The maximum absolute atomic E-state index is 13.5. The van der Waals surface area contributed by atoms with Crippen LogP contribution in [-0.4, -0.2) is 18.3 Å². The van der Waals surface area contributed by atoms with Crippen LogP contribution in [0.15, 0.2) is 42.5 Å². The zero-order valence-corrected chi connectivity index (χ0v) is 11.5. The molecule has 0 radical (unpaired) electrons. The molecule has 2 N–H and O–H groups in total. The molecule has 0 saturated heterocycles. The second kappa shape index (κ2) is 7.71. The lowest BCUT2D eigenvalue weighted by Gasteiger charge is -2.11. The standard InChI is InChI=1S/C16H17F2NO2/c17-14-5-6-15(18)13(9-14)11-19-10-12-3-1-2-4-16(12)21-8-7-20/h1-6,9,19-20H,7-8,10-11H2. The van der Waals surface area contributed by atoms with Crippen LogP contribution >= 0.6 is 0 Å². The summed E-state index contributed by atoms with van der Waals surface area (Å²) >= 11 is 0. The Morgan fingerprint density at radius 1 is 1.00 bits per heavy atom. The van der Waals surface area contributed by atoms with Crippen molar-refractivity contribution in [3.05, 3.63) is 65.2 Å². The van der Waals surface area contributed by atoms with E-state index in [1.807, 2.05) is 18.2 Å². The molecule has 2 aromatic rings. The van der Waals surface area contributed by atoms with Crippen molar-refractivity contribution in [1.29, 1.82) is 0 Å². The Kier molecular flexibility index (Phi) is 5.66. The van der Waals surface area contributed by atoms with Gasteiger partial charge >= 0.3 is 0 Å². The molecule has 0 aliphatic rings. The highest BCUT2D eigenvalue weighted by Gasteiger charge is 2.05. The van der Waals surface area contributed by atoms with E-state index in [0.29, 0.717) is 12.3 Å². The van der Waals surface area contributed by atoms with Crippen LogP contribution in [0.5, 0.6) is 5.75 Å². The van der Waals surface area contributed by atoms with Crippen LogP contribution in [0.2, 0.25) is 0 Å². The first kappa shape index (κ1) is 15.4. The average molecular weight is 293 g/mol. The first-order chi connectivity index (χ1) is 10.2. The number of benzene rings is 2. The van der Waals surface area contributed by atoms with Gasteiger partial charge in [-0.15, -0.1) is 0 Å². The SMILES string of the molecule is OCCOc1ccccc1CNCc1cc(F)ccc1F. The number of ether oxygens (including phenoxy) is 1. The number of aliphatic hydroxyl groups is 1. The summed E-state index contributed by atoms with van der Waals surface area (Å²) in [5, 5.41) is 11.8. The van der Waals surface area contributed by atoms with Crippen molar-refractivity contribution in [1.82, 2.24) is 5.32 Å². The third kappa shape index (κ3) is 4.51. The summed E-state index contributed by atoms with van der Waals surface area (Å²) in [4.78, 5) is 0. The Morgan fingerprint density at radius 3 is 2.57 bits per heavy atom. The van der Waals surface area contributed by atoms with Crippen molar-refractivity contribution in [2.75, 3.05) is 13.2 Å². The van der Waals surface area contributed by atoms with Crippen LogP contribution in [-0.2, 0) is 13.1 Å². The number of halogens is 2. The minimum Gasteiger partial charge on any atom is -0.491 e. The monoisotopic (exact) mass is 293 g/mol. The number of rotatable bonds is 7. The molecule has 0 heterocycles. The molecule has 0 bridgehead atoms. The van der Waals surface area contributed by atoms with E-state index >= 15 is 0 Å². The Hall–Kier alpha value is -1.98. The number of nitrogens with one attached hydrogen (secondary N) is 1. The maximum atomic E-state index is 13.5. The topological polar surface area (TPSA) is 41.5 Å². The predicted octanol–water partition coefficient (Wildman–Crippen LogP) is 2.63. The molecule has 2 rings (SSSR count). The molecule has 0 fully saturated rings. The fourth-order valence-electron chi connectivity index (χ4n) is 1.96. The zero-order valence-electron chi connectivity index (χ0n) is 11.5. The summed E-state index contributed by atoms with van der Waals surface area (Å²) in [6.45, 7) is 0.835. The molecular formula is C16H17F2NO2. The van der Waals surface area contributed by atoms with Crippen LogP contribution < -0.4 is 10.1 Å². The maximum Gasteiger partial charge on any atom is 0.127 e. The number of hydrogen-bond donors (Lipinski definition) is 2. The normalized spacial score (nSPS) is 10.6. The van der Waals surface area contributed by atoms with Crippen molar-refractivity contribution < 1.29 is 18.6 Å². The molecule has 0 aromatic heterocycles. The summed E-state index contributed by atoms with van der Waals surface area (Å²) in [6.07, 6.45) is 0. The molecule has 0 aliphatic carbocycles. The van der Waals surface area contributed by atoms with Gasteiger partial charge in [-0.25, -0.2) is 8.78 Å². The molecule has 112 valence electrons. The molecule has 21 heavy (non-hydrogen) atoms. The van der Waals surface area contributed by atoms with Gasteiger partial charge in [-0.1, -0.05) is 18.2 Å². The van der Waals surface area contributed by atoms with Gasteiger partial charge in [0, 0.05) is 24.2 Å². The third-order valence-corrected chi connectivity index (χ3v) is 2.96. The smallest absolute Gasteiger partial charge is 0.127 e. The highest BCUT2D eigenvalue weighted by molar-refractivity contribution is 5.33. The Balaban J connectivity index is 1.95. The highest BCUT2D eigenvalue weighted by atomic mass is 19.1. The lowest BCUT2D eigenvalue weighted by molar-refractivity contribution is 0.200. The second-order valence-corrected chi connectivity index (χ2v) is 4.52. The van der Waals surface area contributed by atoms with Crippen LogP contribution in [0.1, 0.15) is 11.1 Å². The van der Waals surface area contributed by atoms with E-state index in [1.165, 1.54) is 6.07 Å². The Bertz CT molecular complexity index is 590. The predicted molar refractivity (Wildman–Crippen MR) is 75.9 cm³/mol. The molecule has 5 heteroatoms. The van der Waals surface area contributed by atoms with Gasteiger partial charge in [-0.3, -0.25) is 0 Å². The molecule has 0 saturated carbocycles. The molecule has 0 unspecified atom stereocenters. The van der Waals surface area contributed by atoms with Crippen LogP contribution in [0.25, 0.3) is 0 Å². The molecule has 3 nitrogen and oxygen atoms in total. The fraction of sp³-hybridized carbons (Fsp3) is 0.250. The van der Waals surface area contributed by atoms with Gasteiger partial charge in [0.05, 0.1) is 6.61 Å².